The highest BCUT2D eigenvalue weighted by molar-refractivity contribution is 7.99. The molecule has 9 nitrogen and oxygen atoms in total. The van der Waals surface area contributed by atoms with Gasteiger partial charge in [0, 0.05) is 6.54 Å². The van der Waals surface area contributed by atoms with Crippen LogP contribution in [0.3, 0.4) is 0 Å². The van der Waals surface area contributed by atoms with E-state index in [1.165, 1.54) is 16.3 Å². The summed E-state index contributed by atoms with van der Waals surface area (Å²) in [5.74, 6) is 0.605. The first-order valence-electron chi connectivity index (χ1n) is 10.00. The molecular weight excluding hydrogens is 438 g/mol. The number of nitrogens with one attached hydrogen (secondary N) is 1. The van der Waals surface area contributed by atoms with E-state index < -0.39 is 0 Å². The van der Waals surface area contributed by atoms with Crippen molar-refractivity contribution in [3.05, 3.63) is 83.1 Å². The molecule has 0 fully saturated rings. The quantitative estimate of drug-likeness (QED) is 0.173. The number of nitrogens with zero attached hydrogens (tertiary/aromatic N) is 6. The van der Waals surface area contributed by atoms with Crippen molar-refractivity contribution in [1.29, 1.82) is 5.26 Å². The molecule has 5 aromatic rings. The molecule has 0 bridgehead atoms. The molecule has 33 heavy (non-hydrogen) atoms. The van der Waals surface area contributed by atoms with Gasteiger partial charge >= 0.3 is 0 Å². The van der Waals surface area contributed by atoms with E-state index in [9.17, 15) is 15.2 Å². The van der Waals surface area contributed by atoms with Crippen LogP contribution in [0.5, 0.6) is 0 Å². The van der Waals surface area contributed by atoms with Crippen LogP contribution in [0, 0.1) is 11.3 Å². The van der Waals surface area contributed by atoms with Gasteiger partial charge in [-0.25, -0.2) is 4.98 Å². The number of para-hydroxylation sites is 3. The van der Waals surface area contributed by atoms with E-state index in [1.807, 2.05) is 42.5 Å². The number of thioether (sulfide) groups is 1. The highest BCUT2D eigenvalue weighted by atomic mass is 32.2. The Morgan fingerprint density at radius 2 is 2.00 bits per heavy atom. The van der Waals surface area contributed by atoms with E-state index in [0.29, 0.717) is 33.2 Å². The number of aromatic nitrogens is 6. The molecule has 0 radical (unpaired) electrons. The standard InChI is InChI=1S/C23H17N7O2S/c1-2-11-29-21(32)14-7-3-6-10-18(14)30-22(29)27-28-23(30)33-13-19(31)15(12-24)20-25-16-8-4-5-9-17(16)26-20/h2-10,31H,1,11,13H2,(H,25,26)/b19-15-. The number of hydrogen-bond donors (Lipinski definition) is 2. The van der Waals surface area contributed by atoms with Crippen LogP contribution in [0.2, 0.25) is 0 Å². The Bertz CT molecular complexity index is 1640. The van der Waals surface area contributed by atoms with Crippen molar-refractivity contribution in [2.75, 3.05) is 5.75 Å². The van der Waals surface area contributed by atoms with Crippen LogP contribution in [0.1, 0.15) is 5.82 Å². The number of aromatic amines is 1. The second kappa shape index (κ2) is 8.29. The third-order valence-electron chi connectivity index (χ3n) is 5.15. The molecule has 0 aliphatic carbocycles. The third kappa shape index (κ3) is 3.44. The van der Waals surface area contributed by atoms with Crippen molar-refractivity contribution in [2.24, 2.45) is 0 Å². The molecule has 2 N–H and O–H groups in total. The number of aliphatic hydroxyl groups is 1. The topological polar surface area (TPSA) is 125 Å². The number of rotatable bonds is 6. The Balaban J connectivity index is 1.56. The fourth-order valence-electron chi connectivity index (χ4n) is 3.65. The molecule has 0 aliphatic heterocycles. The molecule has 0 saturated heterocycles. The molecule has 0 saturated carbocycles. The van der Waals surface area contributed by atoms with Crippen LogP contribution < -0.4 is 5.56 Å². The van der Waals surface area contributed by atoms with Gasteiger partial charge in [0.25, 0.3) is 5.56 Å². The summed E-state index contributed by atoms with van der Waals surface area (Å²) >= 11 is 1.20. The Morgan fingerprint density at radius 1 is 1.21 bits per heavy atom. The molecule has 0 amide bonds. The molecule has 3 heterocycles. The van der Waals surface area contributed by atoms with Crippen molar-refractivity contribution in [1.82, 2.24) is 29.1 Å². The van der Waals surface area contributed by atoms with Gasteiger partial charge in [-0.2, -0.15) is 5.26 Å². The minimum Gasteiger partial charge on any atom is -0.510 e. The normalized spacial score (nSPS) is 12.2. The highest BCUT2D eigenvalue weighted by Gasteiger charge is 2.18. The molecule has 0 aliphatic rings. The van der Waals surface area contributed by atoms with E-state index in [0.717, 1.165) is 5.52 Å². The monoisotopic (exact) mass is 455 g/mol. The van der Waals surface area contributed by atoms with Crippen LogP contribution >= 0.6 is 11.8 Å². The van der Waals surface area contributed by atoms with Gasteiger partial charge in [-0.15, -0.1) is 16.8 Å². The summed E-state index contributed by atoms with van der Waals surface area (Å²) in [6, 6.07) is 16.6. The first-order chi connectivity index (χ1) is 16.1. The average Bonchev–Trinajstić information content (AvgIpc) is 3.45. The van der Waals surface area contributed by atoms with Crippen LogP contribution in [-0.4, -0.2) is 40.0 Å². The number of fused-ring (bicyclic) bond motifs is 4. The summed E-state index contributed by atoms with van der Waals surface area (Å²) in [6.45, 7) is 4.01. The number of imidazole rings is 1. The maximum atomic E-state index is 12.9. The van der Waals surface area contributed by atoms with Gasteiger partial charge in [0.05, 0.1) is 27.7 Å². The van der Waals surface area contributed by atoms with Crippen molar-refractivity contribution < 1.29 is 5.11 Å². The second-order valence-corrected chi connectivity index (χ2v) is 8.11. The second-order valence-electron chi connectivity index (χ2n) is 7.16. The Kier molecular flexibility index (Phi) is 5.16. The molecule has 162 valence electrons. The van der Waals surface area contributed by atoms with Gasteiger partial charge in [-0.05, 0) is 24.3 Å². The number of nitriles is 1. The molecule has 2 aromatic carbocycles. The fourth-order valence-corrected chi connectivity index (χ4v) is 4.47. The minimum absolute atomic E-state index is 0.0564. The minimum atomic E-state index is -0.179. The number of H-pyrrole nitrogens is 1. The van der Waals surface area contributed by atoms with Crippen LogP contribution in [0.25, 0.3) is 33.3 Å². The first-order valence-corrected chi connectivity index (χ1v) is 11.0. The van der Waals surface area contributed by atoms with Gasteiger partial charge in [-0.1, -0.05) is 42.1 Å². The van der Waals surface area contributed by atoms with Gasteiger partial charge in [0.1, 0.15) is 17.4 Å². The number of allylic oxidation sites excluding steroid dienone is 2. The van der Waals surface area contributed by atoms with E-state index >= 15 is 0 Å². The van der Waals surface area contributed by atoms with Gasteiger partial charge in [-0.3, -0.25) is 13.8 Å². The number of benzene rings is 2. The van der Waals surface area contributed by atoms with Crippen molar-refractivity contribution in [2.45, 2.75) is 11.7 Å². The van der Waals surface area contributed by atoms with Gasteiger partial charge in [0.15, 0.2) is 11.0 Å². The summed E-state index contributed by atoms with van der Waals surface area (Å²) in [4.78, 5) is 20.4. The summed E-state index contributed by atoms with van der Waals surface area (Å²) in [6.07, 6.45) is 1.62. The lowest BCUT2D eigenvalue weighted by Gasteiger charge is -2.09. The van der Waals surface area contributed by atoms with E-state index in [2.05, 4.69) is 26.7 Å². The maximum absolute atomic E-state index is 12.9. The first kappa shape index (κ1) is 20.5. The fraction of sp³-hybridized carbons (Fsp3) is 0.0870. The molecule has 0 atom stereocenters. The summed E-state index contributed by atoms with van der Waals surface area (Å²) in [5, 5.41) is 29.8. The van der Waals surface area contributed by atoms with E-state index in [1.54, 1.807) is 22.6 Å². The smallest absolute Gasteiger partial charge is 0.263 e. The number of hydrogen-bond acceptors (Lipinski definition) is 7. The van der Waals surface area contributed by atoms with Crippen LogP contribution in [-0.2, 0) is 6.54 Å². The molecular formula is C23H17N7O2S. The third-order valence-corrected chi connectivity index (χ3v) is 6.09. The Morgan fingerprint density at radius 3 is 2.79 bits per heavy atom. The lowest BCUT2D eigenvalue weighted by molar-refractivity contribution is 0.420. The highest BCUT2D eigenvalue weighted by Crippen LogP contribution is 2.26. The zero-order valence-electron chi connectivity index (χ0n) is 17.3. The van der Waals surface area contributed by atoms with Crippen molar-refractivity contribution in [3.63, 3.8) is 0 Å². The molecule has 3 aromatic heterocycles. The maximum Gasteiger partial charge on any atom is 0.263 e. The van der Waals surface area contributed by atoms with Crippen LogP contribution in [0.4, 0.5) is 0 Å². The number of aliphatic hydroxyl groups excluding tert-OH is 1. The Hall–Kier alpha value is -4.36. The van der Waals surface area contributed by atoms with Crippen molar-refractivity contribution >= 4 is 45.0 Å². The Labute approximate surface area is 191 Å². The van der Waals surface area contributed by atoms with Gasteiger partial charge in [0.2, 0.25) is 5.78 Å². The zero-order valence-corrected chi connectivity index (χ0v) is 18.1. The summed E-state index contributed by atoms with van der Waals surface area (Å²) in [5.41, 5.74) is 2.01. The van der Waals surface area contributed by atoms with E-state index in [4.69, 9.17) is 0 Å². The SMILES string of the molecule is C=CCn1c(=O)c2ccccc2n2c(SC/C(O)=C(\C#N)c3nc4ccccc4[nH]3)nnc12. The predicted octanol–water partition coefficient (Wildman–Crippen LogP) is 3.69. The largest absolute Gasteiger partial charge is 0.510 e. The van der Waals surface area contributed by atoms with Gasteiger partial charge < -0.3 is 10.1 Å². The van der Waals surface area contributed by atoms with Crippen LogP contribution in [0.15, 0.2) is 76.9 Å². The molecule has 0 unspecified atom stereocenters. The lowest BCUT2D eigenvalue weighted by Crippen LogP contribution is -2.22. The van der Waals surface area contributed by atoms with E-state index in [-0.39, 0.29) is 29.2 Å². The summed E-state index contributed by atoms with van der Waals surface area (Å²) < 4.78 is 3.27. The predicted molar refractivity (Wildman–Crippen MR) is 127 cm³/mol. The average molecular weight is 456 g/mol. The molecule has 5 rings (SSSR count). The molecule has 10 heteroatoms. The molecule has 0 spiro atoms. The lowest BCUT2D eigenvalue weighted by atomic mass is 10.2. The summed E-state index contributed by atoms with van der Waals surface area (Å²) in [7, 11) is 0. The zero-order chi connectivity index (χ0) is 22.9. The van der Waals surface area contributed by atoms with Crippen molar-refractivity contribution in [3.8, 4) is 6.07 Å².